The van der Waals surface area contributed by atoms with Crippen molar-refractivity contribution in [2.45, 2.75) is 19.8 Å². The molecule has 0 bridgehead atoms. The van der Waals surface area contributed by atoms with Gasteiger partial charge in [-0.3, -0.25) is 4.68 Å². The first-order valence-electron chi connectivity index (χ1n) is 7.29. The molecule has 6 nitrogen and oxygen atoms in total. The Morgan fingerprint density at radius 3 is 2.52 bits per heavy atom. The molecule has 0 atom stereocenters. The molecule has 2 aromatic rings. The number of fused-ring (bicyclic) bond motifs is 1. The first-order valence-corrected chi connectivity index (χ1v) is 7.67. The van der Waals surface area contributed by atoms with Crippen LogP contribution in [0.1, 0.15) is 35.8 Å². The van der Waals surface area contributed by atoms with Gasteiger partial charge in [-0.05, 0) is 18.1 Å². The highest BCUT2D eigenvalue weighted by Crippen LogP contribution is 2.47. The number of rotatable bonds is 3. The number of carboxylic acids is 1. The molecule has 1 aliphatic heterocycles. The van der Waals surface area contributed by atoms with Crippen LogP contribution in [0.3, 0.4) is 0 Å². The third kappa shape index (κ3) is 2.63. The number of halogens is 1. The minimum absolute atomic E-state index is 0.0109. The molecule has 1 aliphatic rings. The minimum atomic E-state index is -1.07. The molecule has 1 aromatic heterocycles. The minimum Gasteiger partial charge on any atom is -0.486 e. The van der Waals surface area contributed by atoms with E-state index in [4.69, 9.17) is 26.2 Å². The molecule has 0 amide bonds. The Morgan fingerprint density at radius 2 is 1.96 bits per heavy atom. The van der Waals surface area contributed by atoms with Gasteiger partial charge in [-0.1, -0.05) is 25.4 Å². The zero-order valence-electron chi connectivity index (χ0n) is 13.1. The number of carbonyl (C=O) groups is 1. The third-order valence-corrected chi connectivity index (χ3v) is 4.04. The smallest absolute Gasteiger partial charge is 0.356 e. The van der Waals surface area contributed by atoms with Crippen LogP contribution >= 0.6 is 11.6 Å². The maximum absolute atomic E-state index is 11.2. The second kappa shape index (κ2) is 5.77. The van der Waals surface area contributed by atoms with Gasteiger partial charge >= 0.3 is 5.97 Å². The lowest BCUT2D eigenvalue weighted by molar-refractivity contribution is 0.0689. The molecule has 0 aliphatic carbocycles. The van der Waals surface area contributed by atoms with Gasteiger partial charge in [0.25, 0.3) is 0 Å². The first-order chi connectivity index (χ1) is 10.9. The fraction of sp³-hybridized carbons (Fsp3) is 0.375. The van der Waals surface area contributed by atoms with Crippen molar-refractivity contribution in [3.8, 4) is 22.8 Å². The normalized spacial score (nSPS) is 13.4. The van der Waals surface area contributed by atoms with Crippen LogP contribution in [0.2, 0.25) is 5.02 Å². The Morgan fingerprint density at radius 1 is 1.30 bits per heavy atom. The largest absolute Gasteiger partial charge is 0.486 e. The number of aryl methyl sites for hydroxylation is 1. The van der Waals surface area contributed by atoms with Crippen molar-refractivity contribution in [2.24, 2.45) is 7.05 Å². The van der Waals surface area contributed by atoms with Gasteiger partial charge in [-0.15, -0.1) is 0 Å². The molecule has 1 N–H and O–H groups in total. The summed E-state index contributed by atoms with van der Waals surface area (Å²) < 4.78 is 13.0. The van der Waals surface area contributed by atoms with Gasteiger partial charge in [0.05, 0.1) is 10.7 Å². The highest BCUT2D eigenvalue weighted by Gasteiger charge is 2.27. The van der Waals surface area contributed by atoms with Crippen molar-refractivity contribution in [3.05, 3.63) is 28.4 Å². The van der Waals surface area contributed by atoms with Gasteiger partial charge in [0.1, 0.15) is 13.2 Å². The number of hydrogen-bond acceptors (Lipinski definition) is 4. The van der Waals surface area contributed by atoms with Crippen molar-refractivity contribution in [2.75, 3.05) is 13.2 Å². The molecular weight excluding hydrogens is 320 g/mol. The predicted molar refractivity (Wildman–Crippen MR) is 85.7 cm³/mol. The van der Waals surface area contributed by atoms with Gasteiger partial charge in [0.15, 0.2) is 17.2 Å². The van der Waals surface area contributed by atoms with Crippen molar-refractivity contribution >= 4 is 17.6 Å². The lowest BCUT2D eigenvalue weighted by atomic mass is 9.93. The van der Waals surface area contributed by atoms with Crippen LogP contribution in [0.4, 0.5) is 0 Å². The van der Waals surface area contributed by atoms with Gasteiger partial charge in [-0.25, -0.2) is 4.79 Å². The number of benzene rings is 1. The average Bonchev–Trinajstić information content (AvgIpc) is 2.89. The van der Waals surface area contributed by atoms with Crippen LogP contribution in [0.25, 0.3) is 11.3 Å². The Labute approximate surface area is 138 Å². The maximum atomic E-state index is 11.2. The standard InChI is InChI=1S/C16H17ClN2O4/c1-8(2)13-9(12-7-11(16(20)21)18-19(12)3)6-10(17)14-15(13)23-5-4-22-14/h6-8H,4-5H2,1-3H3,(H,20,21). The lowest BCUT2D eigenvalue weighted by Gasteiger charge is -2.26. The number of nitrogens with zero attached hydrogens (tertiary/aromatic N) is 2. The molecule has 2 heterocycles. The van der Waals surface area contributed by atoms with E-state index >= 15 is 0 Å². The van der Waals surface area contributed by atoms with E-state index in [9.17, 15) is 4.79 Å². The predicted octanol–water partition coefficient (Wildman–Crippen LogP) is 3.33. The number of hydrogen-bond donors (Lipinski definition) is 1. The second-order valence-electron chi connectivity index (χ2n) is 5.67. The van der Waals surface area contributed by atoms with Gasteiger partial charge < -0.3 is 14.6 Å². The molecule has 7 heteroatoms. The number of aromatic carboxylic acids is 1. The Hall–Kier alpha value is -2.21. The summed E-state index contributed by atoms with van der Waals surface area (Å²) in [7, 11) is 1.70. The van der Waals surface area contributed by atoms with Gasteiger partial charge in [0.2, 0.25) is 0 Å². The fourth-order valence-electron chi connectivity index (χ4n) is 2.80. The van der Waals surface area contributed by atoms with Crippen molar-refractivity contribution in [1.82, 2.24) is 9.78 Å². The van der Waals surface area contributed by atoms with E-state index in [0.717, 1.165) is 11.1 Å². The SMILES string of the molecule is CC(C)c1c(-c2cc(C(=O)O)nn2C)cc(Cl)c2c1OCCO2. The Bertz CT molecular complexity index is 783. The van der Waals surface area contributed by atoms with E-state index in [0.29, 0.717) is 35.4 Å². The van der Waals surface area contributed by atoms with E-state index in [1.807, 2.05) is 13.8 Å². The second-order valence-corrected chi connectivity index (χ2v) is 6.08. The van der Waals surface area contributed by atoms with E-state index in [-0.39, 0.29) is 11.6 Å². The van der Waals surface area contributed by atoms with Crippen molar-refractivity contribution in [3.63, 3.8) is 0 Å². The Kier molecular flexibility index (Phi) is 3.93. The quantitative estimate of drug-likeness (QED) is 0.930. The summed E-state index contributed by atoms with van der Waals surface area (Å²) in [4.78, 5) is 11.2. The molecule has 0 fully saturated rings. The molecule has 0 unspecified atom stereocenters. The highest BCUT2D eigenvalue weighted by atomic mass is 35.5. The fourth-order valence-corrected chi connectivity index (χ4v) is 3.05. The molecule has 23 heavy (non-hydrogen) atoms. The maximum Gasteiger partial charge on any atom is 0.356 e. The number of carboxylic acid groups (broad SMARTS) is 1. The molecule has 0 saturated heterocycles. The summed E-state index contributed by atoms with van der Waals surface area (Å²) in [6.45, 7) is 5.00. The summed E-state index contributed by atoms with van der Waals surface area (Å²) in [5.41, 5.74) is 2.40. The molecule has 122 valence electrons. The lowest BCUT2D eigenvalue weighted by Crippen LogP contribution is -2.18. The number of aromatic nitrogens is 2. The summed E-state index contributed by atoms with van der Waals surface area (Å²) in [6, 6.07) is 3.32. The van der Waals surface area contributed by atoms with Crippen molar-refractivity contribution < 1.29 is 19.4 Å². The van der Waals surface area contributed by atoms with Crippen LogP contribution in [-0.4, -0.2) is 34.1 Å². The third-order valence-electron chi connectivity index (χ3n) is 3.76. The summed E-state index contributed by atoms with van der Waals surface area (Å²) in [5.74, 6) is 0.250. The highest BCUT2D eigenvalue weighted by molar-refractivity contribution is 6.32. The molecule has 0 saturated carbocycles. The summed E-state index contributed by atoms with van der Waals surface area (Å²) in [5, 5.41) is 13.6. The van der Waals surface area contributed by atoms with Crippen molar-refractivity contribution in [1.29, 1.82) is 0 Å². The topological polar surface area (TPSA) is 73.6 Å². The first kappa shape index (κ1) is 15.7. The van der Waals surface area contributed by atoms with E-state index in [2.05, 4.69) is 5.10 Å². The van der Waals surface area contributed by atoms with Gasteiger partial charge in [-0.2, -0.15) is 5.10 Å². The molecular formula is C16H17ClN2O4. The van der Waals surface area contributed by atoms with Crippen LogP contribution < -0.4 is 9.47 Å². The van der Waals surface area contributed by atoms with Crippen LogP contribution in [0, 0.1) is 0 Å². The molecule has 1 aromatic carbocycles. The zero-order valence-corrected chi connectivity index (χ0v) is 13.8. The van der Waals surface area contributed by atoms with Gasteiger partial charge in [0, 0.05) is 18.2 Å². The Balaban J connectivity index is 2.27. The summed E-state index contributed by atoms with van der Waals surface area (Å²) in [6.07, 6.45) is 0. The monoisotopic (exact) mass is 336 g/mol. The van der Waals surface area contributed by atoms with Crippen LogP contribution in [0.15, 0.2) is 12.1 Å². The average molecular weight is 337 g/mol. The molecule has 0 spiro atoms. The van der Waals surface area contributed by atoms with E-state index < -0.39 is 5.97 Å². The zero-order chi connectivity index (χ0) is 16.7. The van der Waals surface area contributed by atoms with E-state index in [1.54, 1.807) is 13.1 Å². The van der Waals surface area contributed by atoms with Crippen LogP contribution in [0.5, 0.6) is 11.5 Å². The number of ether oxygens (including phenoxy) is 2. The molecule has 0 radical (unpaired) electrons. The molecule has 3 rings (SSSR count). The van der Waals surface area contributed by atoms with Crippen LogP contribution in [-0.2, 0) is 7.05 Å². The summed E-state index contributed by atoms with van der Waals surface area (Å²) >= 11 is 6.34. The van der Waals surface area contributed by atoms with E-state index in [1.165, 1.54) is 10.7 Å².